The molecule has 2 N–H and O–H groups in total. The van der Waals surface area contributed by atoms with Gasteiger partial charge in [-0.05, 0) is 55.0 Å². The summed E-state index contributed by atoms with van der Waals surface area (Å²) in [7, 11) is -2.27. The number of anilines is 1. The van der Waals surface area contributed by atoms with Crippen molar-refractivity contribution in [2.75, 3.05) is 11.8 Å². The maximum absolute atomic E-state index is 12.6. The van der Waals surface area contributed by atoms with E-state index in [0.717, 1.165) is 11.1 Å². The molecule has 0 saturated heterocycles. The molecule has 0 aliphatic heterocycles. The molecule has 1 amide bonds. The van der Waals surface area contributed by atoms with E-state index < -0.39 is 10.0 Å². The van der Waals surface area contributed by atoms with Crippen LogP contribution in [0, 0.1) is 6.92 Å². The lowest BCUT2D eigenvalue weighted by Gasteiger charge is -2.10. The molecule has 7 heteroatoms. The Hall–Kier alpha value is -3.32. The number of benzene rings is 3. The average molecular weight is 410 g/mol. The zero-order valence-electron chi connectivity index (χ0n) is 16.2. The molecule has 3 aromatic rings. The van der Waals surface area contributed by atoms with E-state index in [0.29, 0.717) is 23.5 Å². The number of amides is 1. The second kappa shape index (κ2) is 8.79. The molecule has 3 aromatic carbocycles. The Labute approximate surface area is 170 Å². The summed E-state index contributed by atoms with van der Waals surface area (Å²) in [5.74, 6) is 0.285. The third-order valence-electron chi connectivity index (χ3n) is 4.32. The van der Waals surface area contributed by atoms with Crippen LogP contribution >= 0.6 is 0 Å². The quantitative estimate of drug-likeness (QED) is 0.622. The molecule has 0 aliphatic rings. The van der Waals surface area contributed by atoms with Gasteiger partial charge in [-0.1, -0.05) is 35.9 Å². The van der Waals surface area contributed by atoms with Crippen molar-refractivity contribution in [1.82, 2.24) is 5.32 Å². The predicted molar refractivity (Wildman–Crippen MR) is 113 cm³/mol. The first-order valence-electron chi connectivity index (χ1n) is 8.98. The Morgan fingerprint density at radius 3 is 2.31 bits per heavy atom. The van der Waals surface area contributed by atoms with E-state index in [9.17, 15) is 13.2 Å². The van der Waals surface area contributed by atoms with Crippen LogP contribution in [0.4, 0.5) is 5.69 Å². The lowest BCUT2D eigenvalue weighted by molar-refractivity contribution is 0.0951. The number of ether oxygens (including phenoxy) is 1. The van der Waals surface area contributed by atoms with Gasteiger partial charge in [0.05, 0.1) is 12.0 Å². The van der Waals surface area contributed by atoms with Crippen molar-refractivity contribution in [3.8, 4) is 5.75 Å². The Morgan fingerprint density at radius 2 is 1.66 bits per heavy atom. The summed E-state index contributed by atoms with van der Waals surface area (Å²) in [4.78, 5) is 12.5. The van der Waals surface area contributed by atoms with E-state index in [2.05, 4.69) is 10.0 Å². The van der Waals surface area contributed by atoms with E-state index in [1.807, 2.05) is 31.2 Å². The molecule has 0 spiro atoms. The number of nitrogens with one attached hydrogen (secondary N) is 2. The molecule has 0 aromatic heterocycles. The highest BCUT2D eigenvalue weighted by atomic mass is 32.2. The van der Waals surface area contributed by atoms with Gasteiger partial charge in [-0.2, -0.15) is 0 Å². The molecule has 0 fully saturated rings. The zero-order valence-corrected chi connectivity index (χ0v) is 17.0. The second-order valence-electron chi connectivity index (χ2n) is 6.53. The van der Waals surface area contributed by atoms with Gasteiger partial charge in [0.1, 0.15) is 5.75 Å². The van der Waals surface area contributed by atoms with Gasteiger partial charge in [-0.3, -0.25) is 9.52 Å². The largest absolute Gasteiger partial charge is 0.497 e. The second-order valence-corrected chi connectivity index (χ2v) is 8.21. The van der Waals surface area contributed by atoms with Gasteiger partial charge in [0, 0.05) is 17.8 Å². The van der Waals surface area contributed by atoms with Crippen LogP contribution in [-0.2, 0) is 16.6 Å². The summed E-state index contributed by atoms with van der Waals surface area (Å²) in [5.41, 5.74) is 2.81. The van der Waals surface area contributed by atoms with Crippen LogP contribution in [0.5, 0.6) is 5.75 Å². The molecule has 3 rings (SSSR count). The van der Waals surface area contributed by atoms with E-state index in [4.69, 9.17) is 4.74 Å². The molecular weight excluding hydrogens is 388 g/mol. The van der Waals surface area contributed by atoms with E-state index in [1.165, 1.54) is 25.3 Å². The molecule has 0 aliphatic carbocycles. The molecular formula is C22H22N2O4S. The SMILES string of the molecule is COc1ccc(S(=O)(=O)Nc2cccc(C(=O)NCc3ccc(C)cc3)c2)cc1. The summed E-state index contributed by atoms with van der Waals surface area (Å²) in [5, 5.41) is 2.84. The first kappa shape index (κ1) is 20.4. The Kier molecular flexibility index (Phi) is 6.19. The summed E-state index contributed by atoms with van der Waals surface area (Å²) < 4.78 is 32.7. The van der Waals surface area contributed by atoms with Gasteiger partial charge in [0.25, 0.3) is 15.9 Å². The van der Waals surface area contributed by atoms with Crippen LogP contribution in [0.3, 0.4) is 0 Å². The minimum atomic E-state index is -3.78. The Morgan fingerprint density at radius 1 is 0.966 bits per heavy atom. The third kappa shape index (κ3) is 5.36. The molecule has 0 saturated carbocycles. The maximum Gasteiger partial charge on any atom is 0.261 e. The number of rotatable bonds is 7. The summed E-state index contributed by atoms with van der Waals surface area (Å²) in [6, 6.07) is 20.3. The van der Waals surface area contributed by atoms with Crippen LogP contribution in [-0.4, -0.2) is 21.4 Å². The highest BCUT2D eigenvalue weighted by Gasteiger charge is 2.15. The van der Waals surface area contributed by atoms with Crippen LogP contribution in [0.15, 0.2) is 77.7 Å². The maximum atomic E-state index is 12.6. The number of hydrogen-bond donors (Lipinski definition) is 2. The van der Waals surface area contributed by atoms with Gasteiger partial charge in [0.15, 0.2) is 0 Å². The smallest absolute Gasteiger partial charge is 0.261 e. The van der Waals surface area contributed by atoms with Crippen molar-refractivity contribution in [1.29, 1.82) is 0 Å². The predicted octanol–water partition coefficient (Wildman–Crippen LogP) is 3.73. The monoisotopic (exact) mass is 410 g/mol. The molecule has 6 nitrogen and oxygen atoms in total. The fraction of sp³-hybridized carbons (Fsp3) is 0.136. The van der Waals surface area contributed by atoms with E-state index in [1.54, 1.807) is 30.3 Å². The highest BCUT2D eigenvalue weighted by Crippen LogP contribution is 2.20. The van der Waals surface area contributed by atoms with Crippen molar-refractivity contribution in [2.45, 2.75) is 18.4 Å². The van der Waals surface area contributed by atoms with E-state index >= 15 is 0 Å². The van der Waals surface area contributed by atoms with Crippen molar-refractivity contribution < 1.29 is 17.9 Å². The molecule has 0 heterocycles. The number of methoxy groups -OCH3 is 1. The Bertz CT molecular complexity index is 1090. The van der Waals surface area contributed by atoms with Crippen LogP contribution < -0.4 is 14.8 Å². The van der Waals surface area contributed by atoms with Gasteiger partial charge in [-0.25, -0.2) is 8.42 Å². The molecule has 0 radical (unpaired) electrons. The minimum Gasteiger partial charge on any atom is -0.497 e. The molecule has 0 atom stereocenters. The molecule has 150 valence electrons. The first-order chi connectivity index (χ1) is 13.9. The average Bonchev–Trinajstić information content (AvgIpc) is 2.73. The zero-order chi connectivity index (χ0) is 20.9. The Balaban J connectivity index is 1.69. The van der Waals surface area contributed by atoms with Crippen molar-refractivity contribution in [3.05, 3.63) is 89.5 Å². The number of carbonyl (C=O) groups excluding carboxylic acids is 1. The molecule has 0 bridgehead atoms. The first-order valence-corrected chi connectivity index (χ1v) is 10.5. The highest BCUT2D eigenvalue weighted by molar-refractivity contribution is 7.92. The number of aryl methyl sites for hydroxylation is 1. The number of carbonyl (C=O) groups is 1. The standard InChI is InChI=1S/C22H22N2O4S/c1-16-6-8-17(9-7-16)15-23-22(25)18-4-3-5-19(14-18)24-29(26,27)21-12-10-20(28-2)11-13-21/h3-14,24H,15H2,1-2H3,(H,23,25). The third-order valence-corrected chi connectivity index (χ3v) is 5.72. The van der Waals surface area contributed by atoms with Gasteiger partial charge in [0.2, 0.25) is 0 Å². The summed E-state index contributed by atoms with van der Waals surface area (Å²) >= 11 is 0. The van der Waals surface area contributed by atoms with Gasteiger partial charge < -0.3 is 10.1 Å². The lowest BCUT2D eigenvalue weighted by atomic mass is 10.1. The molecule has 29 heavy (non-hydrogen) atoms. The van der Waals surface area contributed by atoms with Gasteiger partial charge >= 0.3 is 0 Å². The lowest BCUT2D eigenvalue weighted by Crippen LogP contribution is -2.23. The fourth-order valence-electron chi connectivity index (χ4n) is 2.68. The van der Waals surface area contributed by atoms with Crippen LogP contribution in [0.25, 0.3) is 0 Å². The fourth-order valence-corrected chi connectivity index (χ4v) is 3.73. The van der Waals surface area contributed by atoms with Crippen molar-refractivity contribution >= 4 is 21.6 Å². The summed E-state index contributed by atoms with van der Waals surface area (Å²) in [6.45, 7) is 2.39. The van der Waals surface area contributed by atoms with Crippen LogP contribution in [0.2, 0.25) is 0 Å². The van der Waals surface area contributed by atoms with Crippen LogP contribution in [0.1, 0.15) is 21.5 Å². The molecule has 0 unspecified atom stereocenters. The number of sulfonamides is 1. The minimum absolute atomic E-state index is 0.104. The topological polar surface area (TPSA) is 84.5 Å². The number of hydrogen-bond acceptors (Lipinski definition) is 4. The van der Waals surface area contributed by atoms with Crippen molar-refractivity contribution in [2.24, 2.45) is 0 Å². The van der Waals surface area contributed by atoms with Crippen molar-refractivity contribution in [3.63, 3.8) is 0 Å². The summed E-state index contributed by atoms with van der Waals surface area (Å²) in [6.07, 6.45) is 0. The van der Waals surface area contributed by atoms with Gasteiger partial charge in [-0.15, -0.1) is 0 Å². The normalized spacial score (nSPS) is 11.0. The van der Waals surface area contributed by atoms with E-state index in [-0.39, 0.29) is 10.8 Å².